The van der Waals surface area contributed by atoms with Crippen LogP contribution < -0.4 is 10.6 Å². The number of nitrogens with one attached hydrogen (secondary N) is 2. The molecular weight excluding hydrogens is 224 g/mol. The van der Waals surface area contributed by atoms with Gasteiger partial charge in [-0.3, -0.25) is 9.59 Å². The van der Waals surface area contributed by atoms with Crippen molar-refractivity contribution in [2.75, 3.05) is 19.7 Å². The molecule has 17 heavy (non-hydrogen) atoms. The lowest BCUT2D eigenvalue weighted by molar-refractivity contribution is -0.120. The Balaban J connectivity index is 2.13. The first-order valence-electron chi connectivity index (χ1n) is 5.43. The number of aliphatic hydroxyl groups is 1. The number of carbonyl (C=O) groups is 2. The van der Waals surface area contributed by atoms with Crippen LogP contribution >= 0.6 is 0 Å². The lowest BCUT2D eigenvalue weighted by atomic mass is 10.3. The van der Waals surface area contributed by atoms with Crippen LogP contribution in [-0.2, 0) is 4.79 Å². The summed E-state index contributed by atoms with van der Waals surface area (Å²) in [6, 6.07) is 3.12. The Bertz CT molecular complexity index is 348. The number of hydrogen-bond acceptors (Lipinski definition) is 4. The largest absolute Gasteiger partial charge is 0.459 e. The minimum absolute atomic E-state index is 0.0847. The molecule has 2 amide bonds. The molecule has 6 heteroatoms. The number of hydrogen-bond donors (Lipinski definition) is 3. The molecule has 0 aromatic carbocycles. The number of furan rings is 1. The van der Waals surface area contributed by atoms with E-state index >= 15 is 0 Å². The summed E-state index contributed by atoms with van der Waals surface area (Å²) in [6.07, 6.45) is 2.76. The Hall–Kier alpha value is -1.82. The van der Waals surface area contributed by atoms with Gasteiger partial charge in [-0.2, -0.15) is 0 Å². The van der Waals surface area contributed by atoms with Crippen LogP contribution in [0.15, 0.2) is 22.8 Å². The summed E-state index contributed by atoms with van der Waals surface area (Å²) in [5.74, 6) is -0.499. The van der Waals surface area contributed by atoms with Gasteiger partial charge in [0.05, 0.1) is 12.8 Å². The number of aliphatic hydroxyl groups excluding tert-OH is 1. The molecule has 0 saturated carbocycles. The molecule has 0 spiro atoms. The van der Waals surface area contributed by atoms with Gasteiger partial charge in [0.25, 0.3) is 5.91 Å². The lowest BCUT2D eigenvalue weighted by Crippen LogP contribution is -2.37. The molecule has 0 bridgehead atoms. The van der Waals surface area contributed by atoms with Crippen molar-refractivity contribution in [2.45, 2.75) is 12.8 Å². The van der Waals surface area contributed by atoms with Gasteiger partial charge in [-0.05, 0) is 25.0 Å². The molecule has 1 heterocycles. The summed E-state index contributed by atoms with van der Waals surface area (Å²) in [6.45, 7) is 0.528. The van der Waals surface area contributed by atoms with Crippen molar-refractivity contribution in [3.05, 3.63) is 24.2 Å². The second kappa shape index (κ2) is 7.45. The summed E-state index contributed by atoms with van der Waals surface area (Å²) in [5, 5.41) is 13.6. The van der Waals surface area contributed by atoms with E-state index in [-0.39, 0.29) is 24.8 Å². The van der Waals surface area contributed by atoms with Crippen LogP contribution in [0.1, 0.15) is 23.4 Å². The predicted molar refractivity (Wildman–Crippen MR) is 60.4 cm³/mol. The first-order chi connectivity index (χ1) is 8.24. The fraction of sp³-hybridized carbons (Fsp3) is 0.455. The van der Waals surface area contributed by atoms with Gasteiger partial charge in [-0.15, -0.1) is 0 Å². The SMILES string of the molecule is O=C(CNC(=O)c1ccco1)NCCCCO. The van der Waals surface area contributed by atoms with Crippen LogP contribution in [0.2, 0.25) is 0 Å². The van der Waals surface area contributed by atoms with E-state index in [1.54, 1.807) is 6.07 Å². The molecule has 0 aliphatic heterocycles. The maximum absolute atomic E-state index is 11.4. The molecule has 0 aliphatic rings. The van der Waals surface area contributed by atoms with Gasteiger partial charge in [0, 0.05) is 13.2 Å². The van der Waals surface area contributed by atoms with Crippen molar-refractivity contribution in [3.8, 4) is 0 Å². The highest BCUT2D eigenvalue weighted by Gasteiger charge is 2.09. The van der Waals surface area contributed by atoms with E-state index in [9.17, 15) is 9.59 Å². The van der Waals surface area contributed by atoms with Crippen molar-refractivity contribution in [1.29, 1.82) is 0 Å². The Morgan fingerprint density at radius 2 is 2.12 bits per heavy atom. The molecule has 0 radical (unpaired) electrons. The molecular formula is C11H16N2O4. The zero-order valence-electron chi connectivity index (χ0n) is 9.44. The molecule has 1 aromatic heterocycles. The van der Waals surface area contributed by atoms with Crippen molar-refractivity contribution < 1.29 is 19.1 Å². The van der Waals surface area contributed by atoms with Crippen molar-refractivity contribution >= 4 is 11.8 Å². The maximum Gasteiger partial charge on any atom is 0.287 e. The molecule has 0 unspecified atom stereocenters. The molecule has 0 fully saturated rings. The van der Waals surface area contributed by atoms with Gasteiger partial charge < -0.3 is 20.2 Å². The Morgan fingerprint density at radius 1 is 1.29 bits per heavy atom. The van der Waals surface area contributed by atoms with E-state index in [2.05, 4.69) is 10.6 Å². The number of rotatable bonds is 7. The normalized spacial score (nSPS) is 9.94. The van der Waals surface area contributed by atoms with E-state index in [0.29, 0.717) is 19.4 Å². The van der Waals surface area contributed by atoms with Gasteiger partial charge in [0.1, 0.15) is 0 Å². The Morgan fingerprint density at radius 3 is 2.76 bits per heavy atom. The summed E-state index contributed by atoms with van der Waals surface area (Å²) < 4.78 is 4.87. The fourth-order valence-electron chi connectivity index (χ4n) is 1.18. The third-order valence-electron chi connectivity index (χ3n) is 2.06. The number of amides is 2. The Labute approximate surface area is 99.0 Å². The van der Waals surface area contributed by atoms with E-state index < -0.39 is 5.91 Å². The smallest absolute Gasteiger partial charge is 0.287 e. The summed E-state index contributed by atoms with van der Waals surface area (Å²) in [5.41, 5.74) is 0. The van der Waals surface area contributed by atoms with Crippen LogP contribution in [0.5, 0.6) is 0 Å². The average molecular weight is 240 g/mol. The quantitative estimate of drug-likeness (QED) is 0.580. The zero-order valence-corrected chi connectivity index (χ0v) is 9.44. The highest BCUT2D eigenvalue weighted by molar-refractivity contribution is 5.94. The third-order valence-corrected chi connectivity index (χ3v) is 2.06. The number of unbranched alkanes of at least 4 members (excludes halogenated alkanes) is 1. The fourth-order valence-corrected chi connectivity index (χ4v) is 1.18. The highest BCUT2D eigenvalue weighted by atomic mass is 16.3. The average Bonchev–Trinajstić information content (AvgIpc) is 2.85. The standard InChI is InChI=1S/C11H16N2O4/c14-6-2-1-5-12-10(15)8-13-11(16)9-4-3-7-17-9/h3-4,7,14H,1-2,5-6,8H2,(H,12,15)(H,13,16). The van der Waals surface area contributed by atoms with Gasteiger partial charge >= 0.3 is 0 Å². The molecule has 0 saturated heterocycles. The second-order valence-electron chi connectivity index (χ2n) is 3.44. The zero-order chi connectivity index (χ0) is 12.5. The van der Waals surface area contributed by atoms with Gasteiger partial charge in [0.2, 0.25) is 5.91 Å². The molecule has 6 nitrogen and oxygen atoms in total. The van der Waals surface area contributed by atoms with E-state index in [1.165, 1.54) is 12.3 Å². The summed E-state index contributed by atoms with van der Waals surface area (Å²) >= 11 is 0. The van der Waals surface area contributed by atoms with E-state index in [4.69, 9.17) is 9.52 Å². The first kappa shape index (κ1) is 13.2. The van der Waals surface area contributed by atoms with Crippen LogP contribution in [-0.4, -0.2) is 36.6 Å². The van der Waals surface area contributed by atoms with Crippen LogP contribution in [0.25, 0.3) is 0 Å². The molecule has 1 rings (SSSR count). The molecule has 0 aliphatic carbocycles. The predicted octanol–water partition coefficient (Wildman–Crippen LogP) is -0.102. The third kappa shape index (κ3) is 5.17. The van der Waals surface area contributed by atoms with Gasteiger partial charge in [0.15, 0.2) is 5.76 Å². The van der Waals surface area contributed by atoms with Crippen LogP contribution in [0, 0.1) is 0 Å². The maximum atomic E-state index is 11.4. The number of carbonyl (C=O) groups excluding carboxylic acids is 2. The first-order valence-corrected chi connectivity index (χ1v) is 5.43. The van der Waals surface area contributed by atoms with Gasteiger partial charge in [-0.1, -0.05) is 0 Å². The highest BCUT2D eigenvalue weighted by Crippen LogP contribution is 1.98. The summed E-state index contributed by atoms with van der Waals surface area (Å²) in [4.78, 5) is 22.6. The second-order valence-corrected chi connectivity index (χ2v) is 3.44. The van der Waals surface area contributed by atoms with Gasteiger partial charge in [-0.25, -0.2) is 0 Å². The minimum Gasteiger partial charge on any atom is -0.459 e. The molecule has 1 aromatic rings. The lowest BCUT2D eigenvalue weighted by Gasteiger charge is -2.05. The van der Waals surface area contributed by atoms with Crippen LogP contribution in [0.3, 0.4) is 0 Å². The monoisotopic (exact) mass is 240 g/mol. The molecule has 0 atom stereocenters. The minimum atomic E-state index is -0.416. The molecule has 3 N–H and O–H groups in total. The van der Waals surface area contributed by atoms with Crippen LogP contribution in [0.4, 0.5) is 0 Å². The van der Waals surface area contributed by atoms with E-state index in [0.717, 1.165) is 0 Å². The summed E-state index contributed by atoms with van der Waals surface area (Å²) in [7, 11) is 0. The van der Waals surface area contributed by atoms with Crippen molar-refractivity contribution in [1.82, 2.24) is 10.6 Å². The van der Waals surface area contributed by atoms with E-state index in [1.807, 2.05) is 0 Å². The Kier molecular flexibility index (Phi) is 5.81. The topological polar surface area (TPSA) is 91.6 Å². The molecule has 94 valence electrons. The van der Waals surface area contributed by atoms with Crippen molar-refractivity contribution in [2.24, 2.45) is 0 Å². The van der Waals surface area contributed by atoms with Crippen molar-refractivity contribution in [3.63, 3.8) is 0 Å².